The molecule has 1 amide bonds. The minimum Gasteiger partial charge on any atom is -0.477 e. The van der Waals surface area contributed by atoms with E-state index in [1.807, 2.05) is 18.2 Å². The second-order valence-electron chi connectivity index (χ2n) is 4.49. The standard InChI is InChI=1S/C13H12N2O3S/c14-8-4-2-1-3-7(8)5-9-12(13(17)18)15-10(16)6-11(15)19-9/h1-4,11H,5-6,14H2,(H,17,18)/t11-/m0/s1. The second-order valence-corrected chi connectivity index (χ2v) is 5.77. The molecule has 0 bridgehead atoms. The fraction of sp³-hybridized carbons (Fsp3) is 0.231. The molecule has 0 radical (unpaired) electrons. The molecule has 1 saturated heterocycles. The monoisotopic (exact) mass is 276 g/mol. The molecule has 19 heavy (non-hydrogen) atoms. The van der Waals surface area contributed by atoms with E-state index in [-0.39, 0.29) is 17.0 Å². The van der Waals surface area contributed by atoms with Crippen LogP contribution >= 0.6 is 11.8 Å². The lowest BCUT2D eigenvalue weighted by Gasteiger charge is -2.33. The summed E-state index contributed by atoms with van der Waals surface area (Å²) in [5.74, 6) is -1.17. The molecule has 0 aromatic heterocycles. The average molecular weight is 276 g/mol. The Morgan fingerprint density at radius 2 is 2.21 bits per heavy atom. The number of rotatable bonds is 3. The van der Waals surface area contributed by atoms with Crippen LogP contribution in [0.2, 0.25) is 0 Å². The molecule has 1 fully saturated rings. The molecule has 0 aliphatic carbocycles. The molecule has 5 nitrogen and oxygen atoms in total. The minimum atomic E-state index is -1.05. The number of carboxylic acids is 1. The van der Waals surface area contributed by atoms with Gasteiger partial charge in [0.05, 0.1) is 11.8 Å². The van der Waals surface area contributed by atoms with Crippen molar-refractivity contribution in [1.82, 2.24) is 4.90 Å². The number of thioether (sulfide) groups is 1. The zero-order valence-corrected chi connectivity index (χ0v) is 10.8. The number of nitrogen functional groups attached to an aromatic ring is 1. The highest BCUT2D eigenvalue weighted by Gasteiger charge is 2.48. The fourth-order valence-electron chi connectivity index (χ4n) is 2.32. The Bertz CT molecular complexity index is 612. The molecule has 0 spiro atoms. The van der Waals surface area contributed by atoms with Crippen molar-refractivity contribution in [1.29, 1.82) is 0 Å². The zero-order chi connectivity index (χ0) is 13.6. The molecule has 0 unspecified atom stereocenters. The molecule has 2 heterocycles. The zero-order valence-electron chi connectivity index (χ0n) is 10.00. The van der Waals surface area contributed by atoms with Crippen LogP contribution < -0.4 is 5.73 Å². The van der Waals surface area contributed by atoms with Gasteiger partial charge >= 0.3 is 5.97 Å². The third-order valence-electron chi connectivity index (χ3n) is 3.30. The van der Waals surface area contributed by atoms with E-state index in [0.29, 0.717) is 23.4 Å². The molecule has 0 saturated carbocycles. The van der Waals surface area contributed by atoms with Gasteiger partial charge < -0.3 is 10.8 Å². The summed E-state index contributed by atoms with van der Waals surface area (Å²) in [6, 6.07) is 7.37. The summed E-state index contributed by atoms with van der Waals surface area (Å²) in [5, 5.41) is 9.23. The van der Waals surface area contributed by atoms with Crippen LogP contribution in [0.15, 0.2) is 34.9 Å². The van der Waals surface area contributed by atoms with Gasteiger partial charge in [0.1, 0.15) is 5.70 Å². The smallest absolute Gasteiger partial charge is 0.353 e. The number of carbonyl (C=O) groups excluding carboxylic acids is 1. The minimum absolute atomic E-state index is 0.0430. The van der Waals surface area contributed by atoms with Crippen molar-refractivity contribution in [3.05, 3.63) is 40.4 Å². The maximum atomic E-state index is 11.5. The van der Waals surface area contributed by atoms with E-state index in [2.05, 4.69) is 0 Å². The van der Waals surface area contributed by atoms with Gasteiger partial charge in [-0.05, 0) is 11.6 Å². The first kappa shape index (κ1) is 12.1. The Morgan fingerprint density at radius 3 is 2.84 bits per heavy atom. The Kier molecular flexibility index (Phi) is 2.74. The Labute approximate surface area is 114 Å². The summed E-state index contributed by atoms with van der Waals surface area (Å²) in [6.07, 6.45) is 0.870. The van der Waals surface area contributed by atoms with Crippen LogP contribution in [0.5, 0.6) is 0 Å². The molecule has 3 rings (SSSR count). The van der Waals surface area contributed by atoms with E-state index in [4.69, 9.17) is 5.73 Å². The summed E-state index contributed by atoms with van der Waals surface area (Å²) in [5.41, 5.74) is 7.52. The van der Waals surface area contributed by atoms with Crippen LogP contribution in [0, 0.1) is 0 Å². The van der Waals surface area contributed by atoms with E-state index in [1.54, 1.807) is 6.07 Å². The summed E-state index contributed by atoms with van der Waals surface area (Å²) < 4.78 is 0. The van der Waals surface area contributed by atoms with Gasteiger partial charge in [0.15, 0.2) is 0 Å². The fourth-order valence-corrected chi connectivity index (χ4v) is 3.74. The van der Waals surface area contributed by atoms with Crippen molar-refractivity contribution in [2.45, 2.75) is 18.2 Å². The van der Waals surface area contributed by atoms with Crippen LogP contribution in [0.3, 0.4) is 0 Å². The van der Waals surface area contributed by atoms with Crippen molar-refractivity contribution in [3.8, 4) is 0 Å². The van der Waals surface area contributed by atoms with Crippen LogP contribution in [0.25, 0.3) is 0 Å². The first-order chi connectivity index (χ1) is 9.08. The Morgan fingerprint density at radius 1 is 1.47 bits per heavy atom. The number of fused-ring (bicyclic) bond motifs is 1. The second kappa shape index (κ2) is 4.31. The number of allylic oxidation sites excluding steroid dienone is 1. The number of hydrogen-bond acceptors (Lipinski definition) is 4. The molecule has 3 N–H and O–H groups in total. The first-order valence-corrected chi connectivity index (χ1v) is 6.74. The van der Waals surface area contributed by atoms with Gasteiger partial charge in [-0.2, -0.15) is 0 Å². The number of carbonyl (C=O) groups is 2. The average Bonchev–Trinajstić information content (AvgIpc) is 2.65. The third kappa shape index (κ3) is 1.88. The van der Waals surface area contributed by atoms with E-state index in [9.17, 15) is 14.7 Å². The number of β-lactam (4-membered cyclic amide) rings is 1. The van der Waals surface area contributed by atoms with E-state index in [1.165, 1.54) is 16.7 Å². The molecule has 1 aromatic carbocycles. The lowest BCUT2D eigenvalue weighted by molar-refractivity contribution is -0.145. The largest absolute Gasteiger partial charge is 0.477 e. The van der Waals surface area contributed by atoms with Crippen molar-refractivity contribution >= 4 is 29.3 Å². The van der Waals surface area contributed by atoms with Gasteiger partial charge in [0.2, 0.25) is 5.91 Å². The maximum Gasteiger partial charge on any atom is 0.353 e. The first-order valence-electron chi connectivity index (χ1n) is 5.86. The highest BCUT2D eigenvalue weighted by molar-refractivity contribution is 8.04. The van der Waals surface area contributed by atoms with Gasteiger partial charge in [-0.3, -0.25) is 9.69 Å². The SMILES string of the molecule is Nc1ccccc1CC1=C(C(=O)O)N2C(=O)C[C@@H]2S1. The number of anilines is 1. The van der Waals surface area contributed by atoms with Crippen molar-refractivity contribution in [2.24, 2.45) is 0 Å². The Hall–Kier alpha value is -1.95. The number of para-hydroxylation sites is 1. The predicted molar refractivity (Wildman–Crippen MR) is 72.1 cm³/mol. The molecular weight excluding hydrogens is 264 g/mol. The highest BCUT2D eigenvalue weighted by Crippen LogP contribution is 2.47. The lowest BCUT2D eigenvalue weighted by Crippen LogP contribution is -2.48. The normalized spacial score (nSPS) is 21.4. The van der Waals surface area contributed by atoms with Gasteiger partial charge in [-0.15, -0.1) is 11.8 Å². The van der Waals surface area contributed by atoms with E-state index < -0.39 is 5.97 Å². The number of carboxylic acid groups (broad SMARTS) is 1. The predicted octanol–water partition coefficient (Wildman–Crippen LogP) is 1.41. The summed E-state index contributed by atoms with van der Waals surface area (Å²) >= 11 is 1.45. The molecule has 1 atom stereocenters. The van der Waals surface area contributed by atoms with Crippen LogP contribution in [0.1, 0.15) is 12.0 Å². The highest BCUT2D eigenvalue weighted by atomic mass is 32.2. The third-order valence-corrected chi connectivity index (χ3v) is 4.57. The Balaban J connectivity index is 1.94. The van der Waals surface area contributed by atoms with Gasteiger partial charge in [0, 0.05) is 17.0 Å². The number of nitrogens with zero attached hydrogens (tertiary/aromatic N) is 1. The van der Waals surface area contributed by atoms with Gasteiger partial charge in [-0.25, -0.2) is 4.79 Å². The molecule has 2 aliphatic rings. The molecule has 1 aromatic rings. The van der Waals surface area contributed by atoms with Gasteiger partial charge in [0.25, 0.3) is 0 Å². The molecule has 2 aliphatic heterocycles. The molecule has 6 heteroatoms. The van der Waals surface area contributed by atoms with Crippen molar-refractivity contribution in [3.63, 3.8) is 0 Å². The van der Waals surface area contributed by atoms with E-state index >= 15 is 0 Å². The molecular formula is C13H12N2O3S. The van der Waals surface area contributed by atoms with Gasteiger partial charge in [-0.1, -0.05) is 18.2 Å². The number of benzene rings is 1. The number of amides is 1. The molecule has 98 valence electrons. The van der Waals surface area contributed by atoms with Crippen molar-refractivity contribution in [2.75, 3.05) is 5.73 Å². The quantitative estimate of drug-likeness (QED) is 0.644. The maximum absolute atomic E-state index is 11.5. The van der Waals surface area contributed by atoms with Crippen LogP contribution in [-0.4, -0.2) is 27.3 Å². The lowest BCUT2D eigenvalue weighted by atomic mass is 10.1. The van der Waals surface area contributed by atoms with Crippen LogP contribution in [-0.2, 0) is 16.0 Å². The number of nitrogens with two attached hydrogens (primary N) is 1. The van der Waals surface area contributed by atoms with E-state index in [0.717, 1.165) is 5.56 Å². The topological polar surface area (TPSA) is 83.6 Å². The summed E-state index contributed by atoms with van der Waals surface area (Å²) in [6.45, 7) is 0. The summed E-state index contributed by atoms with van der Waals surface area (Å²) in [7, 11) is 0. The van der Waals surface area contributed by atoms with Crippen LogP contribution in [0.4, 0.5) is 5.69 Å². The van der Waals surface area contributed by atoms with Crippen molar-refractivity contribution < 1.29 is 14.7 Å². The number of aliphatic carboxylic acids is 1. The summed E-state index contributed by atoms with van der Waals surface area (Å²) in [4.78, 5) is 24.9. The number of hydrogen-bond donors (Lipinski definition) is 2.